The van der Waals surface area contributed by atoms with E-state index in [1.165, 1.54) is 0 Å². The number of carbonyl (C=O) groups is 1. The second-order valence-corrected chi connectivity index (χ2v) is 6.04. The molecule has 27 heavy (non-hydrogen) atoms. The Morgan fingerprint density at radius 1 is 0.963 bits per heavy atom. The van der Waals surface area contributed by atoms with Gasteiger partial charge < -0.3 is 24.8 Å². The zero-order valence-corrected chi connectivity index (χ0v) is 16.4. The number of benzene rings is 2. The topological polar surface area (TPSA) is 68.8 Å². The smallest absolute Gasteiger partial charge is 0.317 e. The number of urea groups is 1. The molecule has 0 aromatic heterocycles. The van der Waals surface area contributed by atoms with E-state index in [0.717, 1.165) is 22.6 Å². The maximum atomic E-state index is 12.1. The number of hydrogen-bond acceptors (Lipinski definition) is 4. The molecule has 2 N–H and O–H groups in total. The highest BCUT2D eigenvalue weighted by molar-refractivity contribution is 5.74. The van der Waals surface area contributed by atoms with E-state index in [2.05, 4.69) is 10.6 Å². The van der Waals surface area contributed by atoms with Crippen molar-refractivity contribution in [2.24, 2.45) is 0 Å². The van der Waals surface area contributed by atoms with Gasteiger partial charge in [0.1, 0.15) is 17.2 Å². The summed E-state index contributed by atoms with van der Waals surface area (Å²) in [7, 11) is 0. The second-order valence-electron chi connectivity index (χ2n) is 6.04. The Balaban J connectivity index is 1.84. The average Bonchev–Trinajstić information content (AvgIpc) is 2.65. The molecule has 1 unspecified atom stereocenters. The van der Waals surface area contributed by atoms with Gasteiger partial charge in [0.25, 0.3) is 0 Å². The molecule has 0 saturated heterocycles. The Bertz CT molecular complexity index is 731. The Morgan fingerprint density at radius 2 is 1.59 bits per heavy atom. The van der Waals surface area contributed by atoms with Crippen LogP contribution in [0.5, 0.6) is 17.2 Å². The molecule has 146 valence electrons. The molecule has 6 heteroatoms. The van der Waals surface area contributed by atoms with Gasteiger partial charge in [0.15, 0.2) is 6.73 Å². The Morgan fingerprint density at radius 3 is 2.22 bits per heavy atom. The second kappa shape index (κ2) is 10.3. The predicted octanol–water partition coefficient (Wildman–Crippen LogP) is 4.19. The van der Waals surface area contributed by atoms with Crippen molar-refractivity contribution in [2.45, 2.75) is 33.7 Å². The van der Waals surface area contributed by atoms with E-state index in [1.807, 2.05) is 58.0 Å². The quantitative estimate of drug-likeness (QED) is 0.648. The summed E-state index contributed by atoms with van der Waals surface area (Å²) in [6.07, 6.45) is 0. The highest BCUT2D eigenvalue weighted by atomic mass is 16.5. The number of hydrogen-bond donors (Lipinski definition) is 2. The number of carbonyl (C=O) groups excluding carboxylic acids is 1. The van der Waals surface area contributed by atoms with Crippen LogP contribution in [0.2, 0.25) is 0 Å². The van der Waals surface area contributed by atoms with Crippen molar-refractivity contribution in [3.8, 4) is 17.2 Å². The molecule has 0 aliphatic heterocycles. The molecule has 6 nitrogen and oxygen atoms in total. The molecule has 0 fully saturated rings. The summed E-state index contributed by atoms with van der Waals surface area (Å²) in [5.41, 5.74) is 2.06. The van der Waals surface area contributed by atoms with Crippen molar-refractivity contribution < 1.29 is 19.0 Å². The number of aryl methyl sites for hydroxylation is 1. The summed E-state index contributed by atoms with van der Waals surface area (Å²) in [5, 5.41) is 5.60. The molecular formula is C21H28N2O4. The molecule has 1 atom stereocenters. The lowest BCUT2D eigenvalue weighted by molar-refractivity contribution is 0.221. The fourth-order valence-corrected chi connectivity index (χ4v) is 2.60. The molecule has 0 radical (unpaired) electrons. The maximum Gasteiger partial charge on any atom is 0.317 e. The summed E-state index contributed by atoms with van der Waals surface area (Å²) in [6.45, 7) is 9.06. The molecule has 2 amide bonds. The standard InChI is InChI=1S/C21H28N2O4/c1-5-25-17-8-10-18(11-9-17)27-14-22-21(24)23-16(4)19-13-15(3)7-12-20(19)26-6-2/h7-13,16H,5-6,14H2,1-4H3,(H2,22,23,24). The van der Waals surface area contributed by atoms with Gasteiger partial charge in [-0.2, -0.15) is 0 Å². The van der Waals surface area contributed by atoms with Crippen LogP contribution in [0.1, 0.15) is 37.9 Å². The van der Waals surface area contributed by atoms with Crippen LogP contribution in [-0.4, -0.2) is 26.0 Å². The largest absolute Gasteiger partial charge is 0.494 e. The number of nitrogens with one attached hydrogen (secondary N) is 2. The van der Waals surface area contributed by atoms with E-state index < -0.39 is 0 Å². The third-order valence-corrected chi connectivity index (χ3v) is 3.89. The fraction of sp³-hybridized carbons (Fsp3) is 0.381. The van der Waals surface area contributed by atoms with E-state index >= 15 is 0 Å². The number of ether oxygens (including phenoxy) is 3. The minimum absolute atomic E-state index is 0.0681. The molecule has 0 spiro atoms. The summed E-state index contributed by atoms with van der Waals surface area (Å²) >= 11 is 0. The molecule has 0 aliphatic carbocycles. The highest BCUT2D eigenvalue weighted by Gasteiger charge is 2.14. The first-order chi connectivity index (χ1) is 13.0. The summed E-state index contributed by atoms with van der Waals surface area (Å²) in [4.78, 5) is 12.1. The van der Waals surface area contributed by atoms with E-state index in [-0.39, 0.29) is 18.8 Å². The van der Waals surface area contributed by atoms with Crippen LogP contribution in [0.4, 0.5) is 4.79 Å². The fourth-order valence-electron chi connectivity index (χ4n) is 2.60. The van der Waals surface area contributed by atoms with E-state index in [9.17, 15) is 4.79 Å². The molecule has 2 rings (SSSR count). The lowest BCUT2D eigenvalue weighted by Gasteiger charge is -2.19. The first-order valence-corrected chi connectivity index (χ1v) is 9.16. The maximum absolute atomic E-state index is 12.1. The van der Waals surface area contributed by atoms with Crippen LogP contribution in [0.3, 0.4) is 0 Å². The van der Waals surface area contributed by atoms with Gasteiger partial charge in [0.05, 0.1) is 19.3 Å². The number of amides is 2. The SMILES string of the molecule is CCOc1ccc(OCNC(=O)NC(C)c2cc(C)ccc2OCC)cc1. The van der Waals surface area contributed by atoms with Crippen molar-refractivity contribution >= 4 is 6.03 Å². The van der Waals surface area contributed by atoms with Gasteiger partial charge >= 0.3 is 6.03 Å². The van der Waals surface area contributed by atoms with Gasteiger partial charge in [-0.3, -0.25) is 0 Å². The zero-order chi connectivity index (χ0) is 19.6. The summed E-state index contributed by atoms with van der Waals surface area (Å²) in [5.74, 6) is 2.22. The average molecular weight is 372 g/mol. The lowest BCUT2D eigenvalue weighted by Crippen LogP contribution is -2.39. The van der Waals surface area contributed by atoms with Crippen molar-refractivity contribution in [2.75, 3.05) is 19.9 Å². The lowest BCUT2D eigenvalue weighted by atomic mass is 10.0. The first kappa shape index (κ1) is 20.4. The zero-order valence-electron chi connectivity index (χ0n) is 16.4. The molecule has 0 heterocycles. The van der Waals surface area contributed by atoms with Gasteiger partial charge in [-0.25, -0.2) is 4.79 Å². The van der Waals surface area contributed by atoms with Crippen LogP contribution >= 0.6 is 0 Å². The van der Waals surface area contributed by atoms with Gasteiger partial charge in [0.2, 0.25) is 0 Å². The van der Waals surface area contributed by atoms with E-state index in [4.69, 9.17) is 14.2 Å². The normalized spacial score (nSPS) is 11.4. The third kappa shape index (κ3) is 6.40. The Hall–Kier alpha value is -2.89. The third-order valence-electron chi connectivity index (χ3n) is 3.89. The Labute approximate surface area is 160 Å². The van der Waals surface area contributed by atoms with Crippen molar-refractivity contribution in [1.29, 1.82) is 0 Å². The van der Waals surface area contributed by atoms with Crippen LogP contribution in [0, 0.1) is 6.92 Å². The van der Waals surface area contributed by atoms with Gasteiger partial charge in [-0.05, 0) is 58.0 Å². The molecule has 0 aliphatic rings. The van der Waals surface area contributed by atoms with Gasteiger partial charge in [0, 0.05) is 5.56 Å². The number of rotatable bonds is 9. The van der Waals surface area contributed by atoms with Crippen LogP contribution in [0.25, 0.3) is 0 Å². The summed E-state index contributed by atoms with van der Waals surface area (Å²) in [6, 6.07) is 12.7. The minimum Gasteiger partial charge on any atom is -0.494 e. The molecule has 2 aromatic rings. The van der Waals surface area contributed by atoms with Crippen LogP contribution < -0.4 is 24.8 Å². The van der Waals surface area contributed by atoms with Gasteiger partial charge in [-0.1, -0.05) is 17.7 Å². The van der Waals surface area contributed by atoms with Crippen molar-refractivity contribution in [3.05, 3.63) is 53.6 Å². The molecular weight excluding hydrogens is 344 g/mol. The molecule has 0 saturated carbocycles. The van der Waals surface area contributed by atoms with E-state index in [1.54, 1.807) is 12.1 Å². The Kier molecular flexibility index (Phi) is 7.79. The van der Waals surface area contributed by atoms with Crippen LogP contribution in [0.15, 0.2) is 42.5 Å². The van der Waals surface area contributed by atoms with Crippen LogP contribution in [-0.2, 0) is 0 Å². The molecule has 2 aromatic carbocycles. The predicted molar refractivity (Wildman–Crippen MR) is 106 cm³/mol. The van der Waals surface area contributed by atoms with Crippen molar-refractivity contribution in [1.82, 2.24) is 10.6 Å². The summed E-state index contributed by atoms with van der Waals surface area (Å²) < 4.78 is 16.6. The monoisotopic (exact) mass is 372 g/mol. The van der Waals surface area contributed by atoms with Gasteiger partial charge in [-0.15, -0.1) is 0 Å². The first-order valence-electron chi connectivity index (χ1n) is 9.16. The van der Waals surface area contributed by atoms with Crippen molar-refractivity contribution in [3.63, 3.8) is 0 Å². The minimum atomic E-state index is -0.308. The highest BCUT2D eigenvalue weighted by Crippen LogP contribution is 2.26. The van der Waals surface area contributed by atoms with E-state index in [0.29, 0.717) is 19.0 Å². The molecule has 0 bridgehead atoms.